The number of aliphatic hydroxyl groups is 4. The highest BCUT2D eigenvalue weighted by Crippen LogP contribution is 2.42. The molecule has 0 radical (unpaired) electrons. The standard InChI is InChI=1S/C25H26O6/c26-16-20-21(27)22(28)23(29)24(30-20)31-25(17-10-4-1-5-11-17,18-12-6-2-7-13-18)19-14-8-3-9-15-19/h1-15,20-24,26-29H,16H2/t20-,21-,22+,23-,24+/m1/s1. The number of aliphatic hydroxyl groups excluding tert-OH is 4. The van der Waals surface area contributed by atoms with Gasteiger partial charge in [0.05, 0.1) is 6.61 Å². The number of rotatable bonds is 6. The zero-order valence-electron chi connectivity index (χ0n) is 16.9. The molecule has 4 rings (SSSR count). The lowest BCUT2D eigenvalue weighted by Crippen LogP contribution is -2.60. The maximum absolute atomic E-state index is 10.7. The maximum Gasteiger partial charge on any atom is 0.188 e. The molecule has 0 aromatic heterocycles. The van der Waals surface area contributed by atoms with Crippen LogP contribution in [0.5, 0.6) is 0 Å². The zero-order chi connectivity index (χ0) is 21.8. The van der Waals surface area contributed by atoms with E-state index in [0.717, 1.165) is 16.7 Å². The van der Waals surface area contributed by atoms with Crippen LogP contribution in [0.2, 0.25) is 0 Å². The molecule has 0 bridgehead atoms. The van der Waals surface area contributed by atoms with E-state index in [1.54, 1.807) is 0 Å². The van der Waals surface area contributed by atoms with Gasteiger partial charge < -0.3 is 29.9 Å². The third kappa shape index (κ3) is 4.02. The molecule has 4 N–H and O–H groups in total. The molecule has 0 spiro atoms. The quantitative estimate of drug-likeness (QED) is 0.452. The lowest BCUT2D eigenvalue weighted by Gasteiger charge is -2.45. The lowest BCUT2D eigenvalue weighted by atomic mass is 9.80. The van der Waals surface area contributed by atoms with Crippen molar-refractivity contribution >= 4 is 0 Å². The predicted molar refractivity (Wildman–Crippen MR) is 114 cm³/mol. The van der Waals surface area contributed by atoms with E-state index in [1.807, 2.05) is 91.0 Å². The van der Waals surface area contributed by atoms with Gasteiger partial charge in [0.25, 0.3) is 0 Å². The van der Waals surface area contributed by atoms with Gasteiger partial charge in [-0.25, -0.2) is 0 Å². The molecule has 0 amide bonds. The van der Waals surface area contributed by atoms with E-state index in [2.05, 4.69) is 0 Å². The normalized spacial score (nSPS) is 26.5. The Labute approximate surface area is 180 Å². The highest BCUT2D eigenvalue weighted by Gasteiger charge is 2.49. The second-order valence-corrected chi connectivity index (χ2v) is 7.59. The van der Waals surface area contributed by atoms with Crippen LogP contribution in [0, 0.1) is 0 Å². The largest absolute Gasteiger partial charge is 0.394 e. The minimum atomic E-state index is -1.53. The molecule has 162 valence electrons. The third-order valence-corrected chi connectivity index (χ3v) is 5.68. The van der Waals surface area contributed by atoms with E-state index < -0.39 is 42.9 Å². The summed E-state index contributed by atoms with van der Waals surface area (Å²) in [5.41, 5.74) is 1.20. The topological polar surface area (TPSA) is 99.4 Å². The molecule has 6 nitrogen and oxygen atoms in total. The number of hydrogen-bond acceptors (Lipinski definition) is 6. The SMILES string of the molecule is OC[C@H]1O[C@@H](OC(c2ccccc2)(c2ccccc2)c2ccccc2)[C@H](O)[C@@H](O)[C@@H]1O. The monoisotopic (exact) mass is 422 g/mol. The third-order valence-electron chi connectivity index (χ3n) is 5.68. The van der Waals surface area contributed by atoms with E-state index in [-0.39, 0.29) is 0 Å². The van der Waals surface area contributed by atoms with Crippen molar-refractivity contribution in [1.82, 2.24) is 0 Å². The first-order valence-corrected chi connectivity index (χ1v) is 10.2. The Morgan fingerprint density at radius 3 is 1.45 bits per heavy atom. The highest BCUT2D eigenvalue weighted by atomic mass is 16.7. The minimum Gasteiger partial charge on any atom is -0.394 e. The molecule has 0 saturated carbocycles. The van der Waals surface area contributed by atoms with Crippen LogP contribution in [0.25, 0.3) is 0 Å². The molecule has 3 aromatic rings. The van der Waals surface area contributed by atoms with Gasteiger partial charge in [0.1, 0.15) is 30.0 Å². The first-order valence-electron chi connectivity index (χ1n) is 10.2. The van der Waals surface area contributed by atoms with E-state index in [9.17, 15) is 20.4 Å². The summed E-state index contributed by atoms with van der Waals surface area (Å²) in [6.07, 6.45) is -6.89. The molecular formula is C25H26O6. The molecule has 0 unspecified atom stereocenters. The molecule has 1 fully saturated rings. The van der Waals surface area contributed by atoms with Gasteiger partial charge in [0.15, 0.2) is 6.29 Å². The van der Waals surface area contributed by atoms with Crippen LogP contribution in [0.3, 0.4) is 0 Å². The van der Waals surface area contributed by atoms with Gasteiger partial charge in [-0.1, -0.05) is 91.0 Å². The summed E-state index contributed by atoms with van der Waals surface area (Å²) >= 11 is 0. The molecule has 1 aliphatic rings. The van der Waals surface area contributed by atoms with E-state index in [4.69, 9.17) is 9.47 Å². The predicted octanol–water partition coefficient (Wildman–Crippen LogP) is 1.79. The van der Waals surface area contributed by atoms with Crippen molar-refractivity contribution in [3.05, 3.63) is 108 Å². The Morgan fingerprint density at radius 1 is 0.645 bits per heavy atom. The molecule has 5 atom stereocenters. The summed E-state index contributed by atoms with van der Waals surface area (Å²) in [5, 5.41) is 40.8. The zero-order valence-corrected chi connectivity index (χ0v) is 16.9. The van der Waals surface area contributed by atoms with E-state index in [1.165, 1.54) is 0 Å². The summed E-state index contributed by atoms with van der Waals surface area (Å²) in [5.74, 6) is 0. The Balaban J connectivity index is 1.88. The Bertz CT molecular complexity index is 851. The first-order chi connectivity index (χ1) is 15.1. The molecule has 3 aromatic carbocycles. The molecule has 1 heterocycles. The summed E-state index contributed by atoms with van der Waals surface area (Å²) in [6, 6.07) is 28.6. The van der Waals surface area contributed by atoms with Crippen LogP contribution >= 0.6 is 0 Å². The van der Waals surface area contributed by atoms with Crippen LogP contribution in [0.1, 0.15) is 16.7 Å². The number of hydrogen-bond donors (Lipinski definition) is 4. The molecule has 31 heavy (non-hydrogen) atoms. The highest BCUT2D eigenvalue weighted by molar-refractivity contribution is 5.47. The fourth-order valence-corrected chi connectivity index (χ4v) is 4.06. The van der Waals surface area contributed by atoms with Crippen LogP contribution in [-0.4, -0.2) is 57.7 Å². The van der Waals surface area contributed by atoms with Crippen LogP contribution < -0.4 is 0 Å². The second-order valence-electron chi connectivity index (χ2n) is 7.59. The van der Waals surface area contributed by atoms with Crippen LogP contribution in [0.4, 0.5) is 0 Å². The Morgan fingerprint density at radius 2 is 1.06 bits per heavy atom. The summed E-state index contributed by atoms with van der Waals surface area (Å²) in [6.45, 7) is -0.528. The van der Waals surface area contributed by atoms with E-state index in [0.29, 0.717) is 0 Å². The Kier molecular flexibility index (Phi) is 6.48. The second kappa shape index (κ2) is 9.28. The van der Waals surface area contributed by atoms with Crippen molar-refractivity contribution in [1.29, 1.82) is 0 Å². The number of ether oxygens (including phenoxy) is 2. The van der Waals surface area contributed by atoms with Gasteiger partial charge in [0.2, 0.25) is 0 Å². The van der Waals surface area contributed by atoms with E-state index >= 15 is 0 Å². The van der Waals surface area contributed by atoms with Crippen molar-refractivity contribution in [2.75, 3.05) is 6.61 Å². The average Bonchev–Trinajstić information content (AvgIpc) is 2.84. The molecule has 6 heteroatoms. The van der Waals surface area contributed by atoms with Gasteiger partial charge in [0, 0.05) is 0 Å². The van der Waals surface area contributed by atoms with Crippen LogP contribution in [-0.2, 0) is 15.1 Å². The summed E-state index contributed by atoms with van der Waals surface area (Å²) in [4.78, 5) is 0. The van der Waals surface area contributed by atoms with Crippen LogP contribution in [0.15, 0.2) is 91.0 Å². The van der Waals surface area contributed by atoms with Gasteiger partial charge >= 0.3 is 0 Å². The van der Waals surface area contributed by atoms with Gasteiger partial charge in [-0.2, -0.15) is 0 Å². The molecular weight excluding hydrogens is 396 g/mol. The fourth-order valence-electron chi connectivity index (χ4n) is 4.06. The van der Waals surface area contributed by atoms with Crippen molar-refractivity contribution in [3.63, 3.8) is 0 Å². The molecule has 1 saturated heterocycles. The van der Waals surface area contributed by atoms with Crippen molar-refractivity contribution in [2.24, 2.45) is 0 Å². The lowest BCUT2D eigenvalue weighted by molar-refractivity contribution is -0.319. The molecule has 0 aliphatic carbocycles. The summed E-state index contributed by atoms with van der Waals surface area (Å²) in [7, 11) is 0. The van der Waals surface area contributed by atoms with Crippen molar-refractivity contribution < 1.29 is 29.9 Å². The maximum atomic E-state index is 10.7. The van der Waals surface area contributed by atoms with Gasteiger partial charge in [-0.05, 0) is 16.7 Å². The number of benzene rings is 3. The van der Waals surface area contributed by atoms with Crippen molar-refractivity contribution in [2.45, 2.75) is 36.3 Å². The van der Waals surface area contributed by atoms with Gasteiger partial charge in [-0.3, -0.25) is 0 Å². The van der Waals surface area contributed by atoms with Crippen molar-refractivity contribution in [3.8, 4) is 0 Å². The minimum absolute atomic E-state index is 0.528. The fraction of sp³-hybridized carbons (Fsp3) is 0.280. The first kappa shape index (κ1) is 21.6. The molecule has 1 aliphatic heterocycles. The summed E-state index contributed by atoms with van der Waals surface area (Å²) < 4.78 is 12.3. The Hall–Kier alpha value is -2.58. The smallest absolute Gasteiger partial charge is 0.188 e. The average molecular weight is 422 g/mol. The van der Waals surface area contributed by atoms with Gasteiger partial charge in [-0.15, -0.1) is 0 Å².